The van der Waals surface area contributed by atoms with Gasteiger partial charge in [-0.05, 0) is 42.3 Å². The first kappa shape index (κ1) is 14.6. The summed E-state index contributed by atoms with van der Waals surface area (Å²) in [6.07, 6.45) is 2.59. The summed E-state index contributed by atoms with van der Waals surface area (Å²) in [6, 6.07) is 8.96. The maximum Gasteiger partial charge on any atom is 0.0205 e. The first-order valence-electron chi connectivity index (χ1n) is 6.64. The van der Waals surface area contributed by atoms with Crippen molar-refractivity contribution in [1.29, 1.82) is 0 Å². The van der Waals surface area contributed by atoms with Gasteiger partial charge < -0.3 is 5.32 Å². The fourth-order valence-electron chi connectivity index (χ4n) is 1.54. The van der Waals surface area contributed by atoms with E-state index in [1.807, 2.05) is 11.8 Å². The number of rotatable bonds is 8. The molecule has 1 rings (SSSR count). The summed E-state index contributed by atoms with van der Waals surface area (Å²) in [6.45, 7) is 8.79. The smallest absolute Gasteiger partial charge is 0.0205 e. The minimum absolute atomic E-state index is 0.721. The van der Waals surface area contributed by atoms with Gasteiger partial charge in [0.05, 0.1) is 0 Å². The van der Waals surface area contributed by atoms with Gasteiger partial charge in [-0.1, -0.05) is 39.3 Å². The van der Waals surface area contributed by atoms with Crippen LogP contribution in [0, 0.1) is 5.92 Å². The van der Waals surface area contributed by atoms with Gasteiger partial charge in [0.1, 0.15) is 0 Å². The predicted molar refractivity (Wildman–Crippen MR) is 78.6 cm³/mol. The number of nitrogens with one attached hydrogen (secondary N) is 1. The molecule has 1 aromatic rings. The Morgan fingerprint density at radius 1 is 1.18 bits per heavy atom. The molecule has 0 fully saturated rings. The van der Waals surface area contributed by atoms with E-state index in [0.29, 0.717) is 0 Å². The van der Waals surface area contributed by atoms with Crippen LogP contribution in [0.15, 0.2) is 29.2 Å². The number of unbranched alkanes of at least 4 members (excludes halogenated alkanes) is 1. The van der Waals surface area contributed by atoms with Crippen molar-refractivity contribution in [3.63, 3.8) is 0 Å². The maximum absolute atomic E-state index is 3.47. The van der Waals surface area contributed by atoms with E-state index in [9.17, 15) is 0 Å². The highest BCUT2D eigenvalue weighted by molar-refractivity contribution is 7.99. The average Bonchev–Trinajstić information content (AvgIpc) is 2.31. The lowest BCUT2D eigenvalue weighted by molar-refractivity contribution is 0.552. The van der Waals surface area contributed by atoms with Gasteiger partial charge in [-0.3, -0.25) is 0 Å². The second-order valence-corrected chi connectivity index (χ2v) is 6.04. The highest BCUT2D eigenvalue weighted by atomic mass is 32.2. The molecule has 0 unspecified atom stereocenters. The molecule has 0 atom stereocenters. The number of hydrogen-bond acceptors (Lipinski definition) is 2. The van der Waals surface area contributed by atoms with Crippen LogP contribution in [0.1, 0.15) is 39.2 Å². The van der Waals surface area contributed by atoms with Crippen molar-refractivity contribution in [2.45, 2.75) is 45.1 Å². The van der Waals surface area contributed by atoms with Gasteiger partial charge in [-0.25, -0.2) is 0 Å². The Bertz CT molecular complexity index is 292. The van der Waals surface area contributed by atoms with Crippen molar-refractivity contribution in [3.05, 3.63) is 29.8 Å². The molecular weight excluding hydrogens is 226 g/mol. The summed E-state index contributed by atoms with van der Waals surface area (Å²) in [5, 5.41) is 3.47. The fraction of sp³-hybridized carbons (Fsp3) is 0.600. The third kappa shape index (κ3) is 6.75. The summed E-state index contributed by atoms with van der Waals surface area (Å²) < 4.78 is 0. The zero-order chi connectivity index (χ0) is 12.5. The first-order valence-corrected chi connectivity index (χ1v) is 7.63. The third-order valence-electron chi connectivity index (χ3n) is 2.57. The van der Waals surface area contributed by atoms with E-state index in [1.165, 1.54) is 29.1 Å². The van der Waals surface area contributed by atoms with E-state index >= 15 is 0 Å². The molecule has 1 aromatic carbocycles. The van der Waals surface area contributed by atoms with Gasteiger partial charge in [0, 0.05) is 11.4 Å². The van der Waals surface area contributed by atoms with Crippen LogP contribution in [-0.2, 0) is 6.54 Å². The summed E-state index contributed by atoms with van der Waals surface area (Å²) >= 11 is 1.96. The molecule has 96 valence electrons. The monoisotopic (exact) mass is 251 g/mol. The van der Waals surface area contributed by atoms with Crippen LogP contribution in [0.3, 0.4) is 0 Å². The molecular formula is C15H25NS. The minimum Gasteiger partial charge on any atom is -0.312 e. The topological polar surface area (TPSA) is 12.0 Å². The molecule has 0 aliphatic heterocycles. The Kier molecular flexibility index (Phi) is 7.38. The molecule has 1 N–H and O–H groups in total. The largest absolute Gasteiger partial charge is 0.312 e. The van der Waals surface area contributed by atoms with E-state index < -0.39 is 0 Å². The van der Waals surface area contributed by atoms with E-state index in [-0.39, 0.29) is 0 Å². The molecule has 17 heavy (non-hydrogen) atoms. The summed E-state index contributed by atoms with van der Waals surface area (Å²) in [5.74, 6) is 1.96. The van der Waals surface area contributed by atoms with Gasteiger partial charge in [0.2, 0.25) is 0 Å². The second-order valence-electron chi connectivity index (χ2n) is 4.87. The van der Waals surface area contributed by atoms with Crippen molar-refractivity contribution in [1.82, 2.24) is 5.32 Å². The molecule has 0 aliphatic carbocycles. The van der Waals surface area contributed by atoms with Crippen molar-refractivity contribution in [2.24, 2.45) is 5.92 Å². The normalized spacial score (nSPS) is 11.1. The van der Waals surface area contributed by atoms with E-state index in [1.54, 1.807) is 0 Å². The van der Waals surface area contributed by atoms with Crippen molar-refractivity contribution < 1.29 is 0 Å². The van der Waals surface area contributed by atoms with Crippen molar-refractivity contribution in [3.8, 4) is 0 Å². The molecule has 0 radical (unpaired) electrons. The Morgan fingerprint density at radius 3 is 2.47 bits per heavy atom. The van der Waals surface area contributed by atoms with Crippen molar-refractivity contribution in [2.75, 3.05) is 12.3 Å². The summed E-state index contributed by atoms with van der Waals surface area (Å²) in [7, 11) is 0. The lowest BCUT2D eigenvalue weighted by atomic mass is 10.2. The van der Waals surface area contributed by atoms with Gasteiger partial charge in [-0.15, -0.1) is 11.8 Å². The maximum atomic E-state index is 3.47. The molecule has 0 saturated heterocycles. The Balaban J connectivity index is 2.29. The summed E-state index contributed by atoms with van der Waals surface area (Å²) in [5.41, 5.74) is 1.38. The third-order valence-corrected chi connectivity index (χ3v) is 3.67. The van der Waals surface area contributed by atoms with Crippen LogP contribution >= 0.6 is 11.8 Å². The van der Waals surface area contributed by atoms with Crippen LogP contribution in [0.4, 0.5) is 0 Å². The van der Waals surface area contributed by atoms with Gasteiger partial charge >= 0.3 is 0 Å². The van der Waals surface area contributed by atoms with Crippen LogP contribution in [0.5, 0.6) is 0 Å². The lowest BCUT2D eigenvalue weighted by Gasteiger charge is -2.08. The predicted octanol–water partition coefficient (Wildman–Crippen LogP) is 4.32. The van der Waals surface area contributed by atoms with Gasteiger partial charge in [0.25, 0.3) is 0 Å². The quantitative estimate of drug-likeness (QED) is 0.545. The van der Waals surface area contributed by atoms with Crippen LogP contribution < -0.4 is 5.32 Å². The molecule has 0 heterocycles. The zero-order valence-electron chi connectivity index (χ0n) is 11.3. The number of hydrogen-bond donors (Lipinski definition) is 1. The van der Waals surface area contributed by atoms with Crippen LogP contribution in [-0.4, -0.2) is 12.3 Å². The fourth-order valence-corrected chi connectivity index (χ4v) is 2.54. The standard InChI is InChI=1S/C15H25NS/c1-4-5-10-17-15-8-6-14(7-9-15)12-16-11-13(2)3/h6-9,13,16H,4-5,10-12H2,1-3H3. The molecule has 0 saturated carbocycles. The number of benzene rings is 1. The number of thioether (sulfide) groups is 1. The zero-order valence-corrected chi connectivity index (χ0v) is 12.1. The van der Waals surface area contributed by atoms with Gasteiger partial charge in [-0.2, -0.15) is 0 Å². The Morgan fingerprint density at radius 2 is 1.88 bits per heavy atom. The lowest BCUT2D eigenvalue weighted by Crippen LogP contribution is -2.18. The van der Waals surface area contributed by atoms with Crippen molar-refractivity contribution >= 4 is 11.8 Å². The summed E-state index contributed by atoms with van der Waals surface area (Å²) in [4.78, 5) is 1.39. The van der Waals surface area contributed by atoms with E-state index in [0.717, 1.165) is 19.0 Å². The molecule has 0 bridgehead atoms. The molecule has 0 aromatic heterocycles. The molecule has 0 spiro atoms. The molecule has 0 aliphatic rings. The van der Waals surface area contributed by atoms with Crippen LogP contribution in [0.25, 0.3) is 0 Å². The SMILES string of the molecule is CCCCSc1ccc(CNCC(C)C)cc1. The molecule has 1 nitrogen and oxygen atoms in total. The molecule has 2 heteroatoms. The highest BCUT2D eigenvalue weighted by Crippen LogP contribution is 2.19. The average molecular weight is 251 g/mol. The van der Waals surface area contributed by atoms with E-state index in [4.69, 9.17) is 0 Å². The van der Waals surface area contributed by atoms with Gasteiger partial charge in [0.15, 0.2) is 0 Å². The minimum atomic E-state index is 0.721. The van der Waals surface area contributed by atoms with Crippen LogP contribution in [0.2, 0.25) is 0 Å². The Hall–Kier alpha value is -0.470. The Labute approximate surface area is 110 Å². The first-order chi connectivity index (χ1) is 8.22. The highest BCUT2D eigenvalue weighted by Gasteiger charge is 1.97. The van der Waals surface area contributed by atoms with E-state index in [2.05, 4.69) is 50.4 Å². The second kappa shape index (κ2) is 8.60. The molecule has 0 amide bonds.